The molecule has 0 saturated carbocycles. The van der Waals surface area contributed by atoms with Gasteiger partial charge >= 0.3 is 0 Å². The molecule has 1 aliphatic heterocycles. The van der Waals surface area contributed by atoms with Crippen LogP contribution < -0.4 is 4.74 Å². The van der Waals surface area contributed by atoms with E-state index in [4.69, 9.17) is 4.74 Å². The van der Waals surface area contributed by atoms with Crippen molar-refractivity contribution < 1.29 is 18.7 Å². The van der Waals surface area contributed by atoms with E-state index in [-0.39, 0.29) is 24.1 Å². The van der Waals surface area contributed by atoms with Gasteiger partial charge in [0.05, 0.1) is 13.5 Å². The van der Waals surface area contributed by atoms with Gasteiger partial charge in [0.2, 0.25) is 11.8 Å². The molecule has 114 valence electrons. The number of carbonyl (C=O) groups is 2. The molecule has 6 heteroatoms. The quantitative estimate of drug-likeness (QED) is 0.838. The van der Waals surface area contributed by atoms with Crippen molar-refractivity contribution in [2.75, 3.05) is 33.3 Å². The molecule has 2 amide bonds. The molecule has 1 saturated heterocycles. The molecule has 2 rings (SSSR count). The number of rotatable bonds is 3. The van der Waals surface area contributed by atoms with Crippen molar-refractivity contribution in [3.8, 4) is 5.75 Å². The van der Waals surface area contributed by atoms with Crippen LogP contribution in [0.4, 0.5) is 4.39 Å². The number of ether oxygens (including phenoxy) is 1. The number of halogens is 1. The zero-order chi connectivity index (χ0) is 15.4. The number of nitrogens with zero attached hydrogens (tertiary/aromatic N) is 2. The van der Waals surface area contributed by atoms with Crippen LogP contribution in [0.5, 0.6) is 5.75 Å². The maximum absolute atomic E-state index is 13.3. The Morgan fingerprint density at radius 1 is 1.19 bits per heavy atom. The Morgan fingerprint density at radius 3 is 2.38 bits per heavy atom. The van der Waals surface area contributed by atoms with Crippen LogP contribution >= 0.6 is 0 Å². The third-order valence-corrected chi connectivity index (χ3v) is 3.66. The van der Waals surface area contributed by atoms with Crippen molar-refractivity contribution in [1.82, 2.24) is 9.80 Å². The summed E-state index contributed by atoms with van der Waals surface area (Å²) in [7, 11) is 1.49. The Labute approximate surface area is 123 Å². The number of hydrogen-bond donors (Lipinski definition) is 0. The van der Waals surface area contributed by atoms with Gasteiger partial charge in [0.25, 0.3) is 0 Å². The Hall–Kier alpha value is -2.11. The van der Waals surface area contributed by atoms with E-state index in [0.29, 0.717) is 37.5 Å². The standard InChI is InChI=1S/C15H19FN2O3/c1-11(19)17-5-7-18(8-6-17)15(20)10-12-9-13(16)3-4-14(12)21-2/h3-4,9H,5-8,10H2,1-2H3. The Balaban J connectivity index is 1.99. The van der Waals surface area contributed by atoms with Gasteiger partial charge in [0, 0.05) is 38.7 Å². The average molecular weight is 294 g/mol. The summed E-state index contributed by atoms with van der Waals surface area (Å²) in [4.78, 5) is 26.9. The number of piperazine rings is 1. The summed E-state index contributed by atoms with van der Waals surface area (Å²) in [6, 6.07) is 4.15. The molecule has 21 heavy (non-hydrogen) atoms. The molecule has 0 radical (unpaired) electrons. The fourth-order valence-corrected chi connectivity index (χ4v) is 2.43. The summed E-state index contributed by atoms with van der Waals surface area (Å²) in [5.74, 6) is 0.0584. The molecule has 0 spiro atoms. The normalized spacial score (nSPS) is 15.0. The summed E-state index contributed by atoms with van der Waals surface area (Å²) in [5.41, 5.74) is 0.538. The number of methoxy groups -OCH3 is 1. The first kappa shape index (κ1) is 15.3. The van der Waals surface area contributed by atoms with Gasteiger partial charge in [-0.1, -0.05) is 0 Å². The van der Waals surface area contributed by atoms with Crippen LogP contribution in [-0.2, 0) is 16.0 Å². The molecule has 1 aromatic carbocycles. The van der Waals surface area contributed by atoms with Crippen molar-refractivity contribution in [3.05, 3.63) is 29.6 Å². The smallest absolute Gasteiger partial charge is 0.227 e. The lowest BCUT2D eigenvalue weighted by molar-refractivity contribution is -0.138. The Kier molecular flexibility index (Phi) is 4.77. The molecule has 0 aliphatic carbocycles. The lowest BCUT2D eigenvalue weighted by Gasteiger charge is -2.34. The van der Waals surface area contributed by atoms with Gasteiger partial charge < -0.3 is 14.5 Å². The second kappa shape index (κ2) is 6.56. The van der Waals surface area contributed by atoms with Crippen LogP contribution in [0.2, 0.25) is 0 Å². The molecular formula is C15H19FN2O3. The molecule has 0 N–H and O–H groups in total. The zero-order valence-corrected chi connectivity index (χ0v) is 12.3. The van der Waals surface area contributed by atoms with Crippen LogP contribution in [-0.4, -0.2) is 54.9 Å². The SMILES string of the molecule is COc1ccc(F)cc1CC(=O)N1CCN(C(C)=O)CC1. The first-order valence-corrected chi connectivity index (χ1v) is 6.87. The number of amides is 2. The fourth-order valence-electron chi connectivity index (χ4n) is 2.43. The highest BCUT2D eigenvalue weighted by molar-refractivity contribution is 5.80. The molecule has 5 nitrogen and oxygen atoms in total. The molecule has 1 fully saturated rings. The van der Waals surface area contributed by atoms with E-state index in [9.17, 15) is 14.0 Å². The van der Waals surface area contributed by atoms with Crippen molar-refractivity contribution in [2.24, 2.45) is 0 Å². The summed E-state index contributed by atoms with van der Waals surface area (Å²) >= 11 is 0. The van der Waals surface area contributed by atoms with Crippen molar-refractivity contribution >= 4 is 11.8 Å². The molecule has 0 bridgehead atoms. The van der Waals surface area contributed by atoms with E-state index in [2.05, 4.69) is 0 Å². The van der Waals surface area contributed by atoms with E-state index in [1.54, 1.807) is 9.80 Å². The van der Waals surface area contributed by atoms with Crippen molar-refractivity contribution in [3.63, 3.8) is 0 Å². The second-order valence-electron chi connectivity index (χ2n) is 5.02. The zero-order valence-electron chi connectivity index (χ0n) is 12.3. The first-order valence-electron chi connectivity index (χ1n) is 6.87. The summed E-state index contributed by atoms with van der Waals surface area (Å²) in [6.45, 7) is 3.63. The largest absolute Gasteiger partial charge is 0.496 e. The third kappa shape index (κ3) is 3.71. The van der Waals surface area contributed by atoms with Gasteiger partial charge in [-0.25, -0.2) is 4.39 Å². The lowest BCUT2D eigenvalue weighted by Crippen LogP contribution is -2.50. The number of carbonyl (C=O) groups excluding carboxylic acids is 2. The number of benzene rings is 1. The maximum atomic E-state index is 13.3. The third-order valence-electron chi connectivity index (χ3n) is 3.66. The predicted octanol–water partition coefficient (Wildman–Crippen LogP) is 1.07. The minimum atomic E-state index is -0.389. The molecule has 1 heterocycles. The monoisotopic (exact) mass is 294 g/mol. The molecule has 1 aliphatic rings. The molecule has 1 aromatic rings. The summed E-state index contributed by atoms with van der Waals surface area (Å²) < 4.78 is 18.4. The van der Waals surface area contributed by atoms with E-state index in [1.165, 1.54) is 32.2 Å². The van der Waals surface area contributed by atoms with Gasteiger partial charge in [-0.05, 0) is 18.2 Å². The fraction of sp³-hybridized carbons (Fsp3) is 0.467. The van der Waals surface area contributed by atoms with E-state index in [1.807, 2.05) is 0 Å². The molecular weight excluding hydrogens is 275 g/mol. The van der Waals surface area contributed by atoms with Crippen LogP contribution in [0.1, 0.15) is 12.5 Å². The highest BCUT2D eigenvalue weighted by atomic mass is 19.1. The Bertz CT molecular complexity index is 540. The lowest BCUT2D eigenvalue weighted by atomic mass is 10.1. The van der Waals surface area contributed by atoms with Crippen molar-refractivity contribution in [1.29, 1.82) is 0 Å². The van der Waals surface area contributed by atoms with E-state index in [0.717, 1.165) is 0 Å². The highest BCUT2D eigenvalue weighted by Gasteiger charge is 2.23. The predicted molar refractivity (Wildman–Crippen MR) is 75.5 cm³/mol. The molecule has 0 unspecified atom stereocenters. The first-order chi connectivity index (χ1) is 10.0. The minimum Gasteiger partial charge on any atom is -0.496 e. The minimum absolute atomic E-state index is 0.0221. The van der Waals surface area contributed by atoms with Crippen LogP contribution in [0, 0.1) is 5.82 Å². The average Bonchev–Trinajstić information content (AvgIpc) is 2.47. The van der Waals surface area contributed by atoms with Crippen LogP contribution in [0.15, 0.2) is 18.2 Å². The van der Waals surface area contributed by atoms with Gasteiger partial charge in [0.15, 0.2) is 0 Å². The highest BCUT2D eigenvalue weighted by Crippen LogP contribution is 2.20. The van der Waals surface area contributed by atoms with Gasteiger partial charge in [0.1, 0.15) is 11.6 Å². The maximum Gasteiger partial charge on any atom is 0.227 e. The second-order valence-corrected chi connectivity index (χ2v) is 5.02. The topological polar surface area (TPSA) is 49.9 Å². The molecule has 0 atom stereocenters. The summed E-state index contributed by atoms with van der Waals surface area (Å²) in [6.07, 6.45) is 0.0982. The Morgan fingerprint density at radius 2 is 1.81 bits per heavy atom. The summed E-state index contributed by atoms with van der Waals surface area (Å²) in [5, 5.41) is 0. The van der Waals surface area contributed by atoms with Crippen molar-refractivity contribution in [2.45, 2.75) is 13.3 Å². The van der Waals surface area contributed by atoms with Gasteiger partial charge in [-0.15, -0.1) is 0 Å². The van der Waals surface area contributed by atoms with Crippen LogP contribution in [0.25, 0.3) is 0 Å². The van der Waals surface area contributed by atoms with Gasteiger partial charge in [-0.3, -0.25) is 9.59 Å². The number of hydrogen-bond acceptors (Lipinski definition) is 3. The van der Waals surface area contributed by atoms with Gasteiger partial charge in [-0.2, -0.15) is 0 Å². The molecule has 0 aromatic heterocycles. The van der Waals surface area contributed by atoms with Crippen LogP contribution in [0.3, 0.4) is 0 Å². The van der Waals surface area contributed by atoms with E-state index >= 15 is 0 Å². The van der Waals surface area contributed by atoms with E-state index < -0.39 is 0 Å².